The van der Waals surface area contributed by atoms with Crippen LogP contribution in [0.4, 0.5) is 0 Å². The molecule has 0 aliphatic heterocycles. The van der Waals surface area contributed by atoms with Gasteiger partial charge in [0.05, 0.1) is 4.90 Å². The fourth-order valence-electron chi connectivity index (χ4n) is 1.60. The summed E-state index contributed by atoms with van der Waals surface area (Å²) in [4.78, 5) is 11.2. The zero-order chi connectivity index (χ0) is 15.3. The van der Waals surface area contributed by atoms with Gasteiger partial charge < -0.3 is 5.11 Å². The van der Waals surface area contributed by atoms with Crippen molar-refractivity contribution in [3.8, 4) is 0 Å². The van der Waals surface area contributed by atoms with Crippen molar-refractivity contribution in [2.75, 3.05) is 12.0 Å². The topological polar surface area (TPSA) is 83.5 Å². The number of carboxylic acid groups (broad SMARTS) is 1. The van der Waals surface area contributed by atoms with Gasteiger partial charge in [0.1, 0.15) is 6.04 Å². The highest BCUT2D eigenvalue weighted by Crippen LogP contribution is 2.15. The maximum absolute atomic E-state index is 12.2. The summed E-state index contributed by atoms with van der Waals surface area (Å²) in [5.74, 6) is -0.585. The van der Waals surface area contributed by atoms with E-state index >= 15 is 0 Å². The Morgan fingerprint density at radius 3 is 2.50 bits per heavy atom. The Kier molecular flexibility index (Phi) is 6.04. The van der Waals surface area contributed by atoms with Crippen molar-refractivity contribution in [3.05, 3.63) is 29.3 Å². The fraction of sp³-hybridized carbons (Fsp3) is 0.462. The van der Waals surface area contributed by atoms with E-state index in [2.05, 4.69) is 4.72 Å². The molecule has 20 heavy (non-hydrogen) atoms. The summed E-state index contributed by atoms with van der Waals surface area (Å²) in [6, 6.07) is 3.64. The number of carboxylic acids is 1. The Morgan fingerprint density at radius 2 is 2.00 bits per heavy atom. The third-order valence-corrected chi connectivity index (χ3v) is 5.11. The second kappa shape index (κ2) is 7.10. The minimum atomic E-state index is -3.81. The third kappa shape index (κ3) is 4.50. The average Bonchev–Trinajstić information content (AvgIpc) is 2.37. The predicted molar refractivity (Wildman–Crippen MR) is 80.7 cm³/mol. The van der Waals surface area contributed by atoms with Crippen molar-refractivity contribution in [3.63, 3.8) is 0 Å². The summed E-state index contributed by atoms with van der Waals surface area (Å²) < 4.78 is 26.6. The summed E-state index contributed by atoms with van der Waals surface area (Å²) >= 11 is 1.48. The Labute approximate surface area is 123 Å². The van der Waals surface area contributed by atoms with Gasteiger partial charge in [0.15, 0.2) is 0 Å². The zero-order valence-corrected chi connectivity index (χ0v) is 13.3. The molecule has 0 heterocycles. The number of aliphatic carboxylic acids is 1. The number of hydrogen-bond donors (Lipinski definition) is 2. The highest BCUT2D eigenvalue weighted by atomic mass is 32.2. The van der Waals surface area contributed by atoms with Crippen LogP contribution in [0, 0.1) is 13.8 Å². The van der Waals surface area contributed by atoms with Crippen LogP contribution in [-0.2, 0) is 14.8 Å². The zero-order valence-electron chi connectivity index (χ0n) is 11.7. The summed E-state index contributed by atoms with van der Waals surface area (Å²) in [5.41, 5.74) is 1.84. The number of rotatable bonds is 7. The molecule has 0 aliphatic rings. The van der Waals surface area contributed by atoms with Crippen LogP contribution in [0.15, 0.2) is 23.1 Å². The van der Waals surface area contributed by atoms with Gasteiger partial charge in [-0.2, -0.15) is 16.5 Å². The first-order valence-corrected chi connectivity index (χ1v) is 8.97. The fourth-order valence-corrected chi connectivity index (χ4v) is 3.38. The SMILES string of the molecule is CSCC[C@@H](NS(=O)(=O)c1ccc(C)c(C)c1)C(=O)O. The monoisotopic (exact) mass is 317 g/mol. The molecule has 5 nitrogen and oxygen atoms in total. The molecule has 0 amide bonds. The molecule has 2 N–H and O–H groups in total. The van der Waals surface area contributed by atoms with Gasteiger partial charge in [0.2, 0.25) is 10.0 Å². The largest absolute Gasteiger partial charge is 0.480 e. The van der Waals surface area contributed by atoms with Crippen molar-refractivity contribution in [2.45, 2.75) is 31.2 Å². The first kappa shape index (κ1) is 17.0. The smallest absolute Gasteiger partial charge is 0.321 e. The molecule has 0 aliphatic carbocycles. The van der Waals surface area contributed by atoms with Crippen molar-refractivity contribution < 1.29 is 18.3 Å². The van der Waals surface area contributed by atoms with E-state index in [-0.39, 0.29) is 11.3 Å². The van der Waals surface area contributed by atoms with Gasteiger partial charge in [0, 0.05) is 0 Å². The quantitative estimate of drug-likeness (QED) is 0.801. The lowest BCUT2D eigenvalue weighted by atomic mass is 10.1. The molecule has 0 radical (unpaired) electrons. The van der Waals surface area contributed by atoms with E-state index in [1.807, 2.05) is 20.1 Å². The molecule has 1 rings (SSSR count). The normalized spacial score (nSPS) is 13.2. The molecule has 0 fully saturated rings. The number of aryl methyl sites for hydroxylation is 2. The molecule has 0 saturated heterocycles. The Bertz CT molecular complexity index is 584. The molecule has 1 aromatic carbocycles. The van der Waals surface area contributed by atoms with Crippen molar-refractivity contribution in [2.24, 2.45) is 0 Å². The van der Waals surface area contributed by atoms with Crippen LogP contribution in [-0.4, -0.2) is 37.5 Å². The molecular formula is C13H19NO4S2. The average molecular weight is 317 g/mol. The summed E-state index contributed by atoms with van der Waals surface area (Å²) in [6.45, 7) is 3.70. The molecule has 112 valence electrons. The lowest BCUT2D eigenvalue weighted by molar-refractivity contribution is -0.139. The van der Waals surface area contributed by atoms with Gasteiger partial charge in [-0.15, -0.1) is 0 Å². The second-order valence-electron chi connectivity index (χ2n) is 4.54. The molecule has 1 aromatic rings. The molecule has 0 bridgehead atoms. The van der Waals surface area contributed by atoms with E-state index in [9.17, 15) is 13.2 Å². The maximum Gasteiger partial charge on any atom is 0.321 e. The standard InChI is InChI=1S/C13H19NO4S2/c1-9-4-5-11(8-10(9)2)20(17,18)14-12(13(15)16)6-7-19-3/h4-5,8,12,14H,6-7H2,1-3H3,(H,15,16)/t12-/m1/s1. The maximum atomic E-state index is 12.2. The summed E-state index contributed by atoms with van der Waals surface area (Å²) in [6.07, 6.45) is 2.09. The summed E-state index contributed by atoms with van der Waals surface area (Å²) in [7, 11) is -3.81. The molecule has 0 aromatic heterocycles. The van der Waals surface area contributed by atoms with Gasteiger partial charge in [-0.3, -0.25) is 4.79 Å². The van der Waals surface area contributed by atoms with Crippen LogP contribution in [0.3, 0.4) is 0 Å². The van der Waals surface area contributed by atoms with Gasteiger partial charge in [-0.05, 0) is 55.5 Å². The van der Waals surface area contributed by atoms with Crippen LogP contribution in [0.5, 0.6) is 0 Å². The Balaban J connectivity index is 2.97. The van der Waals surface area contributed by atoms with Gasteiger partial charge in [0.25, 0.3) is 0 Å². The number of benzene rings is 1. The third-order valence-electron chi connectivity index (χ3n) is 2.99. The van der Waals surface area contributed by atoms with Crippen molar-refractivity contribution in [1.29, 1.82) is 0 Å². The highest BCUT2D eigenvalue weighted by molar-refractivity contribution is 7.98. The number of carbonyl (C=O) groups is 1. The van der Waals surface area contributed by atoms with Crippen LogP contribution in [0.2, 0.25) is 0 Å². The number of sulfonamides is 1. The van der Waals surface area contributed by atoms with Crippen molar-refractivity contribution >= 4 is 27.8 Å². The number of hydrogen-bond acceptors (Lipinski definition) is 4. The number of nitrogens with one attached hydrogen (secondary N) is 1. The van der Waals surface area contributed by atoms with Gasteiger partial charge in [-0.1, -0.05) is 6.07 Å². The van der Waals surface area contributed by atoms with Gasteiger partial charge in [-0.25, -0.2) is 8.42 Å². The molecule has 1 atom stereocenters. The first-order valence-electron chi connectivity index (χ1n) is 6.09. The molecule has 0 spiro atoms. The lowest BCUT2D eigenvalue weighted by Crippen LogP contribution is -2.41. The first-order chi connectivity index (χ1) is 9.27. The van der Waals surface area contributed by atoms with E-state index < -0.39 is 22.0 Å². The van der Waals surface area contributed by atoms with Crippen LogP contribution >= 0.6 is 11.8 Å². The summed E-state index contributed by atoms with van der Waals surface area (Å²) in [5, 5.41) is 9.07. The Hall–Kier alpha value is -1.05. The van der Waals surface area contributed by atoms with E-state index in [1.54, 1.807) is 12.1 Å². The molecule has 7 heteroatoms. The lowest BCUT2D eigenvalue weighted by Gasteiger charge is -2.15. The molecule has 0 saturated carbocycles. The van der Waals surface area contributed by atoms with Crippen LogP contribution in [0.25, 0.3) is 0 Å². The minimum Gasteiger partial charge on any atom is -0.480 e. The van der Waals surface area contributed by atoms with E-state index in [0.29, 0.717) is 5.75 Å². The second-order valence-corrected chi connectivity index (χ2v) is 7.24. The van der Waals surface area contributed by atoms with E-state index in [0.717, 1.165) is 11.1 Å². The highest BCUT2D eigenvalue weighted by Gasteiger charge is 2.25. The van der Waals surface area contributed by atoms with Crippen LogP contribution < -0.4 is 4.72 Å². The van der Waals surface area contributed by atoms with E-state index in [1.165, 1.54) is 17.8 Å². The molecular weight excluding hydrogens is 298 g/mol. The number of thioether (sulfide) groups is 1. The van der Waals surface area contributed by atoms with Gasteiger partial charge >= 0.3 is 5.97 Å². The predicted octanol–water partition coefficient (Wildman–Crippen LogP) is 1.79. The van der Waals surface area contributed by atoms with Crippen LogP contribution in [0.1, 0.15) is 17.5 Å². The molecule has 0 unspecified atom stereocenters. The van der Waals surface area contributed by atoms with Crippen molar-refractivity contribution in [1.82, 2.24) is 4.72 Å². The minimum absolute atomic E-state index is 0.0935. The Morgan fingerprint density at radius 1 is 1.35 bits per heavy atom. The van der Waals surface area contributed by atoms with E-state index in [4.69, 9.17) is 5.11 Å².